The standard InChI is InChI=1S/C9H17NO2.C2H6/c1-3-4-6-11-8-9-12-7-5-10-2;1-2/h10H,5-9H2,1-2H3;1-2H3. The van der Waals surface area contributed by atoms with Crippen LogP contribution < -0.4 is 5.32 Å². The molecule has 0 unspecified atom stereocenters. The molecular formula is C11H23NO2. The molecule has 0 saturated carbocycles. The third-order valence-electron chi connectivity index (χ3n) is 1.22. The normalized spacial score (nSPS) is 8.29. The molecule has 84 valence electrons. The molecule has 1 N–H and O–H groups in total. The van der Waals surface area contributed by atoms with Crippen molar-refractivity contribution >= 4 is 0 Å². The van der Waals surface area contributed by atoms with Crippen molar-refractivity contribution in [2.75, 3.05) is 40.0 Å². The first kappa shape index (κ1) is 15.9. The van der Waals surface area contributed by atoms with E-state index in [4.69, 9.17) is 9.47 Å². The van der Waals surface area contributed by atoms with Crippen LogP contribution in [-0.4, -0.2) is 40.0 Å². The Morgan fingerprint density at radius 3 is 2.29 bits per heavy atom. The van der Waals surface area contributed by atoms with Gasteiger partial charge in [0.25, 0.3) is 0 Å². The average molecular weight is 201 g/mol. The van der Waals surface area contributed by atoms with Gasteiger partial charge in [-0.1, -0.05) is 19.8 Å². The summed E-state index contributed by atoms with van der Waals surface area (Å²) in [6, 6.07) is 0. The number of rotatable bonds is 7. The molecule has 0 aromatic heterocycles. The Kier molecular flexibility index (Phi) is 20.7. The Bertz CT molecular complexity index is 138. The van der Waals surface area contributed by atoms with Gasteiger partial charge in [0.05, 0.1) is 19.8 Å². The molecule has 14 heavy (non-hydrogen) atoms. The SMILES string of the molecule is CC.CC#CCOCCOCCNC. The lowest BCUT2D eigenvalue weighted by molar-refractivity contribution is 0.0618. The predicted molar refractivity (Wildman–Crippen MR) is 60.4 cm³/mol. The second-order valence-corrected chi connectivity index (χ2v) is 2.20. The van der Waals surface area contributed by atoms with Crippen molar-refractivity contribution in [1.29, 1.82) is 0 Å². The third kappa shape index (κ3) is 17.5. The molecule has 0 amide bonds. The average Bonchev–Trinajstić information content (AvgIpc) is 2.25. The first-order valence-electron chi connectivity index (χ1n) is 5.11. The summed E-state index contributed by atoms with van der Waals surface area (Å²) in [5, 5.41) is 2.99. The Morgan fingerprint density at radius 2 is 1.71 bits per heavy atom. The molecule has 0 aromatic rings. The summed E-state index contributed by atoms with van der Waals surface area (Å²) in [5.74, 6) is 5.56. The second kappa shape index (κ2) is 18.3. The van der Waals surface area contributed by atoms with Gasteiger partial charge in [-0.15, -0.1) is 5.92 Å². The first-order valence-corrected chi connectivity index (χ1v) is 5.11. The molecule has 0 aliphatic rings. The zero-order chi connectivity index (χ0) is 11.1. The Morgan fingerprint density at radius 1 is 1.07 bits per heavy atom. The maximum Gasteiger partial charge on any atom is 0.107 e. The van der Waals surface area contributed by atoms with Crippen LogP contribution in [0.3, 0.4) is 0 Å². The minimum absolute atomic E-state index is 0.506. The van der Waals surface area contributed by atoms with Gasteiger partial charge in [0.1, 0.15) is 6.61 Å². The Hall–Kier alpha value is -0.560. The quantitative estimate of drug-likeness (QED) is 0.497. The fourth-order valence-electron chi connectivity index (χ4n) is 0.590. The van der Waals surface area contributed by atoms with Crippen LogP contribution in [0.1, 0.15) is 20.8 Å². The number of hydrogen-bond donors (Lipinski definition) is 1. The Labute approximate surface area is 88.2 Å². The summed E-state index contributed by atoms with van der Waals surface area (Å²) in [5.41, 5.74) is 0. The minimum Gasteiger partial charge on any atom is -0.378 e. The lowest BCUT2D eigenvalue weighted by atomic mass is 10.6. The van der Waals surface area contributed by atoms with Crippen molar-refractivity contribution < 1.29 is 9.47 Å². The molecular weight excluding hydrogens is 178 g/mol. The fraction of sp³-hybridized carbons (Fsp3) is 0.818. The van der Waals surface area contributed by atoms with Crippen molar-refractivity contribution in [3.8, 4) is 11.8 Å². The first-order chi connectivity index (χ1) is 6.91. The van der Waals surface area contributed by atoms with Gasteiger partial charge in [-0.3, -0.25) is 0 Å². The van der Waals surface area contributed by atoms with Crippen molar-refractivity contribution in [2.45, 2.75) is 20.8 Å². The Balaban J connectivity index is 0. The van der Waals surface area contributed by atoms with Crippen LogP contribution in [0.25, 0.3) is 0 Å². The maximum atomic E-state index is 5.22. The van der Waals surface area contributed by atoms with E-state index in [0.29, 0.717) is 19.8 Å². The summed E-state index contributed by atoms with van der Waals surface area (Å²) >= 11 is 0. The molecule has 0 aliphatic carbocycles. The zero-order valence-corrected chi connectivity index (χ0v) is 9.85. The van der Waals surface area contributed by atoms with E-state index in [0.717, 1.165) is 13.2 Å². The molecule has 0 radical (unpaired) electrons. The highest BCUT2D eigenvalue weighted by molar-refractivity contribution is 4.94. The summed E-state index contributed by atoms with van der Waals surface area (Å²) < 4.78 is 10.4. The van der Waals surface area contributed by atoms with Gasteiger partial charge in [0.2, 0.25) is 0 Å². The molecule has 0 bridgehead atoms. The van der Waals surface area contributed by atoms with E-state index >= 15 is 0 Å². The second-order valence-electron chi connectivity index (χ2n) is 2.20. The molecule has 3 nitrogen and oxygen atoms in total. The van der Waals surface area contributed by atoms with Crippen LogP contribution in [0, 0.1) is 11.8 Å². The molecule has 0 aliphatic heterocycles. The minimum atomic E-state index is 0.506. The van der Waals surface area contributed by atoms with E-state index in [-0.39, 0.29) is 0 Å². The fourth-order valence-corrected chi connectivity index (χ4v) is 0.590. The number of likely N-dealkylation sites (N-methyl/N-ethyl adjacent to an activating group) is 1. The lowest BCUT2D eigenvalue weighted by Crippen LogP contribution is -2.16. The topological polar surface area (TPSA) is 30.5 Å². The molecule has 0 aromatic carbocycles. The van der Waals surface area contributed by atoms with Crippen LogP contribution in [-0.2, 0) is 9.47 Å². The maximum absolute atomic E-state index is 5.22. The van der Waals surface area contributed by atoms with Gasteiger partial charge >= 0.3 is 0 Å². The smallest absolute Gasteiger partial charge is 0.107 e. The summed E-state index contributed by atoms with van der Waals surface area (Å²) in [6.45, 7) is 9.19. The summed E-state index contributed by atoms with van der Waals surface area (Å²) in [6.07, 6.45) is 0. The van der Waals surface area contributed by atoms with Gasteiger partial charge in [-0.25, -0.2) is 0 Å². The van der Waals surface area contributed by atoms with E-state index in [1.807, 2.05) is 20.9 Å². The molecule has 0 spiro atoms. The summed E-state index contributed by atoms with van der Waals surface area (Å²) in [7, 11) is 1.90. The van der Waals surface area contributed by atoms with Crippen molar-refractivity contribution in [3.05, 3.63) is 0 Å². The highest BCUT2D eigenvalue weighted by atomic mass is 16.5. The molecule has 0 saturated heterocycles. The zero-order valence-electron chi connectivity index (χ0n) is 9.85. The van der Waals surface area contributed by atoms with Crippen LogP contribution in [0.2, 0.25) is 0 Å². The predicted octanol–water partition coefficient (Wildman–Crippen LogP) is 1.29. The van der Waals surface area contributed by atoms with Crippen LogP contribution in [0.5, 0.6) is 0 Å². The highest BCUT2D eigenvalue weighted by Gasteiger charge is 1.86. The van der Waals surface area contributed by atoms with Crippen molar-refractivity contribution in [1.82, 2.24) is 5.32 Å². The lowest BCUT2D eigenvalue weighted by Gasteiger charge is -2.02. The summed E-state index contributed by atoms with van der Waals surface area (Å²) in [4.78, 5) is 0. The number of hydrogen-bond acceptors (Lipinski definition) is 3. The van der Waals surface area contributed by atoms with Gasteiger partial charge in [0, 0.05) is 6.54 Å². The van der Waals surface area contributed by atoms with Crippen LogP contribution in [0.4, 0.5) is 0 Å². The van der Waals surface area contributed by atoms with E-state index in [1.54, 1.807) is 6.92 Å². The van der Waals surface area contributed by atoms with Gasteiger partial charge in [-0.05, 0) is 14.0 Å². The highest BCUT2D eigenvalue weighted by Crippen LogP contribution is 1.76. The molecule has 0 atom stereocenters. The number of ether oxygens (including phenoxy) is 2. The molecule has 3 heteroatoms. The number of nitrogens with one attached hydrogen (secondary N) is 1. The van der Waals surface area contributed by atoms with Gasteiger partial charge < -0.3 is 14.8 Å². The van der Waals surface area contributed by atoms with E-state index in [2.05, 4.69) is 17.2 Å². The van der Waals surface area contributed by atoms with Crippen molar-refractivity contribution in [2.24, 2.45) is 0 Å². The molecule has 0 fully saturated rings. The van der Waals surface area contributed by atoms with Gasteiger partial charge in [0.15, 0.2) is 0 Å². The van der Waals surface area contributed by atoms with E-state index in [9.17, 15) is 0 Å². The van der Waals surface area contributed by atoms with Crippen LogP contribution in [0.15, 0.2) is 0 Å². The third-order valence-corrected chi connectivity index (χ3v) is 1.22. The molecule has 0 heterocycles. The van der Waals surface area contributed by atoms with E-state index < -0.39 is 0 Å². The largest absolute Gasteiger partial charge is 0.378 e. The van der Waals surface area contributed by atoms with Crippen LogP contribution >= 0.6 is 0 Å². The molecule has 0 rings (SSSR count). The van der Waals surface area contributed by atoms with E-state index in [1.165, 1.54) is 0 Å². The monoisotopic (exact) mass is 201 g/mol. The van der Waals surface area contributed by atoms with Gasteiger partial charge in [-0.2, -0.15) is 0 Å². The van der Waals surface area contributed by atoms with Crippen molar-refractivity contribution in [3.63, 3.8) is 0 Å².